The molecule has 0 aliphatic carbocycles. The van der Waals surface area contributed by atoms with Gasteiger partial charge >= 0.3 is 0 Å². The Hall–Kier alpha value is -1.42. The van der Waals surface area contributed by atoms with Crippen LogP contribution in [0.1, 0.15) is 31.4 Å². The molecule has 0 saturated carbocycles. The summed E-state index contributed by atoms with van der Waals surface area (Å²) in [5, 5.41) is 17.8. The van der Waals surface area contributed by atoms with Gasteiger partial charge in [-0.05, 0) is 30.0 Å². The van der Waals surface area contributed by atoms with Gasteiger partial charge in [0.25, 0.3) is 0 Å². The van der Waals surface area contributed by atoms with Crippen molar-refractivity contribution in [2.75, 3.05) is 6.61 Å². The molecule has 0 spiro atoms. The van der Waals surface area contributed by atoms with Gasteiger partial charge in [-0.2, -0.15) is 5.26 Å². The average molecular weight is 296 g/mol. The second kappa shape index (κ2) is 7.39. The van der Waals surface area contributed by atoms with Gasteiger partial charge in [0.05, 0.1) is 17.4 Å². The molecule has 0 aliphatic heterocycles. The third kappa shape index (κ3) is 5.29. The molecule has 20 heavy (non-hydrogen) atoms. The molecule has 5 nitrogen and oxygen atoms in total. The third-order valence-corrected chi connectivity index (χ3v) is 4.36. The molecule has 0 aromatic heterocycles. The van der Waals surface area contributed by atoms with Crippen LogP contribution in [0, 0.1) is 17.2 Å². The zero-order valence-corrected chi connectivity index (χ0v) is 12.5. The first kappa shape index (κ1) is 16.6. The van der Waals surface area contributed by atoms with Crippen molar-refractivity contribution in [3.63, 3.8) is 0 Å². The Bertz CT molecular complexity index is 576. The highest BCUT2D eigenvalue weighted by Gasteiger charge is 2.20. The van der Waals surface area contributed by atoms with Crippen LogP contribution in [-0.2, 0) is 15.8 Å². The predicted molar refractivity (Wildman–Crippen MR) is 77.2 cm³/mol. The maximum atomic E-state index is 12.1. The predicted octanol–water partition coefficient (Wildman–Crippen LogP) is 1.38. The van der Waals surface area contributed by atoms with Crippen LogP contribution in [0.25, 0.3) is 0 Å². The van der Waals surface area contributed by atoms with Crippen LogP contribution < -0.4 is 4.72 Å². The van der Waals surface area contributed by atoms with Crippen LogP contribution in [0.5, 0.6) is 0 Å². The first-order valence-electron chi connectivity index (χ1n) is 6.48. The van der Waals surface area contributed by atoms with Crippen molar-refractivity contribution in [2.24, 2.45) is 5.92 Å². The summed E-state index contributed by atoms with van der Waals surface area (Å²) >= 11 is 0. The van der Waals surface area contributed by atoms with Crippen molar-refractivity contribution in [3.8, 4) is 6.07 Å². The second-order valence-electron chi connectivity index (χ2n) is 5.05. The SMILES string of the molecule is CC(C)C(CCO)NS(=O)(=O)Cc1cccc(C#N)c1. The van der Waals surface area contributed by atoms with Gasteiger partial charge in [0, 0.05) is 12.6 Å². The number of nitrogens with one attached hydrogen (secondary N) is 1. The molecule has 0 aliphatic rings. The fourth-order valence-corrected chi connectivity index (χ4v) is 3.44. The van der Waals surface area contributed by atoms with Crippen LogP contribution in [0.3, 0.4) is 0 Å². The Labute approximate surface area is 120 Å². The van der Waals surface area contributed by atoms with Gasteiger partial charge in [0.2, 0.25) is 10.0 Å². The fraction of sp³-hybridized carbons (Fsp3) is 0.500. The zero-order chi connectivity index (χ0) is 15.2. The van der Waals surface area contributed by atoms with E-state index >= 15 is 0 Å². The lowest BCUT2D eigenvalue weighted by Crippen LogP contribution is -2.39. The summed E-state index contributed by atoms with van der Waals surface area (Å²) in [5.74, 6) is -0.0701. The quantitative estimate of drug-likeness (QED) is 0.795. The normalized spacial score (nSPS) is 13.2. The van der Waals surface area contributed by atoms with Crippen molar-refractivity contribution in [3.05, 3.63) is 35.4 Å². The molecule has 1 unspecified atom stereocenters. The number of aliphatic hydroxyl groups excluding tert-OH is 1. The topological polar surface area (TPSA) is 90.2 Å². The van der Waals surface area contributed by atoms with Crippen LogP contribution in [0.15, 0.2) is 24.3 Å². The van der Waals surface area contributed by atoms with Crippen molar-refractivity contribution in [1.82, 2.24) is 4.72 Å². The van der Waals surface area contributed by atoms with E-state index in [1.165, 1.54) is 0 Å². The zero-order valence-electron chi connectivity index (χ0n) is 11.7. The highest BCUT2D eigenvalue weighted by molar-refractivity contribution is 7.88. The molecule has 2 N–H and O–H groups in total. The van der Waals surface area contributed by atoms with Gasteiger partial charge in [-0.1, -0.05) is 26.0 Å². The van der Waals surface area contributed by atoms with Crippen LogP contribution in [0.2, 0.25) is 0 Å². The number of rotatable bonds is 7. The van der Waals surface area contributed by atoms with E-state index in [9.17, 15) is 8.42 Å². The summed E-state index contributed by atoms with van der Waals surface area (Å²) < 4.78 is 26.8. The summed E-state index contributed by atoms with van der Waals surface area (Å²) in [6.45, 7) is 3.74. The molecule has 0 heterocycles. The summed E-state index contributed by atoms with van der Waals surface area (Å²) in [6.07, 6.45) is 0.384. The summed E-state index contributed by atoms with van der Waals surface area (Å²) in [6, 6.07) is 8.23. The highest BCUT2D eigenvalue weighted by Crippen LogP contribution is 2.12. The first-order valence-corrected chi connectivity index (χ1v) is 8.13. The summed E-state index contributed by atoms with van der Waals surface area (Å²) in [7, 11) is -3.50. The minimum atomic E-state index is -3.50. The van der Waals surface area contributed by atoms with Crippen LogP contribution in [-0.4, -0.2) is 26.2 Å². The number of nitriles is 1. The highest BCUT2D eigenvalue weighted by atomic mass is 32.2. The summed E-state index contributed by atoms with van der Waals surface area (Å²) in [5.41, 5.74) is 1.01. The Morgan fingerprint density at radius 1 is 1.40 bits per heavy atom. The molecular weight excluding hydrogens is 276 g/mol. The van der Waals surface area contributed by atoms with Gasteiger partial charge in [-0.3, -0.25) is 0 Å². The molecule has 0 bridgehead atoms. The lowest BCUT2D eigenvalue weighted by atomic mass is 10.0. The van der Waals surface area contributed by atoms with Crippen LogP contribution in [0.4, 0.5) is 0 Å². The van der Waals surface area contributed by atoms with Crippen molar-refractivity contribution >= 4 is 10.0 Å². The van der Waals surface area contributed by atoms with E-state index < -0.39 is 10.0 Å². The molecule has 0 amide bonds. The van der Waals surface area contributed by atoms with E-state index in [1.807, 2.05) is 19.9 Å². The number of hydrogen-bond acceptors (Lipinski definition) is 4. The van der Waals surface area contributed by atoms with E-state index in [0.717, 1.165) is 0 Å². The van der Waals surface area contributed by atoms with Gasteiger partial charge < -0.3 is 5.11 Å². The van der Waals surface area contributed by atoms with E-state index in [4.69, 9.17) is 10.4 Å². The van der Waals surface area contributed by atoms with Gasteiger partial charge in [-0.15, -0.1) is 0 Å². The van der Waals surface area contributed by atoms with Crippen molar-refractivity contribution < 1.29 is 13.5 Å². The first-order chi connectivity index (χ1) is 9.38. The van der Waals surface area contributed by atoms with E-state index in [0.29, 0.717) is 17.5 Å². The van der Waals surface area contributed by atoms with E-state index in [2.05, 4.69) is 4.72 Å². The van der Waals surface area contributed by atoms with Crippen LogP contribution >= 0.6 is 0 Å². The lowest BCUT2D eigenvalue weighted by molar-refractivity contribution is 0.256. The fourth-order valence-electron chi connectivity index (χ4n) is 1.89. The number of hydrogen-bond donors (Lipinski definition) is 2. The van der Waals surface area contributed by atoms with Crippen molar-refractivity contribution in [2.45, 2.75) is 32.1 Å². The number of benzene rings is 1. The van der Waals surface area contributed by atoms with Gasteiger partial charge in [0.1, 0.15) is 0 Å². The number of nitrogens with zero attached hydrogens (tertiary/aromatic N) is 1. The van der Waals surface area contributed by atoms with Gasteiger partial charge in [-0.25, -0.2) is 13.1 Å². The Morgan fingerprint density at radius 3 is 2.65 bits per heavy atom. The molecule has 1 atom stereocenters. The molecule has 1 aromatic rings. The minimum absolute atomic E-state index is 0.0602. The molecule has 0 saturated heterocycles. The minimum Gasteiger partial charge on any atom is -0.396 e. The standard InChI is InChI=1S/C14H20N2O3S/c1-11(2)14(6-7-17)16-20(18,19)10-13-5-3-4-12(8-13)9-15/h3-5,8,11,14,16-17H,6-7,10H2,1-2H3. The average Bonchev–Trinajstić information content (AvgIpc) is 2.37. The second-order valence-corrected chi connectivity index (χ2v) is 6.81. The third-order valence-electron chi connectivity index (χ3n) is 2.99. The maximum Gasteiger partial charge on any atom is 0.216 e. The Morgan fingerprint density at radius 2 is 2.10 bits per heavy atom. The molecule has 1 aromatic carbocycles. The maximum absolute atomic E-state index is 12.1. The van der Waals surface area contributed by atoms with E-state index in [1.54, 1.807) is 24.3 Å². The monoisotopic (exact) mass is 296 g/mol. The lowest BCUT2D eigenvalue weighted by Gasteiger charge is -2.21. The largest absolute Gasteiger partial charge is 0.396 e. The molecule has 6 heteroatoms. The van der Waals surface area contributed by atoms with E-state index in [-0.39, 0.29) is 24.3 Å². The molecule has 0 radical (unpaired) electrons. The van der Waals surface area contributed by atoms with Gasteiger partial charge in [0.15, 0.2) is 0 Å². The summed E-state index contributed by atoms with van der Waals surface area (Å²) in [4.78, 5) is 0. The smallest absolute Gasteiger partial charge is 0.216 e. The Kier molecular flexibility index (Phi) is 6.14. The Balaban J connectivity index is 2.81. The molecular formula is C14H20N2O3S. The molecule has 1 rings (SSSR count). The number of aliphatic hydroxyl groups is 1. The van der Waals surface area contributed by atoms with Crippen molar-refractivity contribution in [1.29, 1.82) is 5.26 Å². The molecule has 0 fully saturated rings. The number of sulfonamides is 1. The molecule has 110 valence electrons.